The van der Waals surface area contributed by atoms with Gasteiger partial charge in [-0.2, -0.15) is 0 Å². The van der Waals surface area contributed by atoms with Crippen molar-refractivity contribution in [3.05, 3.63) is 35.6 Å². The fraction of sp³-hybridized carbons (Fsp3) is 0.556. The van der Waals surface area contributed by atoms with E-state index in [1.165, 1.54) is 23.8 Å². The Morgan fingerprint density at radius 2 is 2.10 bits per heavy atom. The van der Waals surface area contributed by atoms with Gasteiger partial charge in [0.25, 0.3) is 0 Å². The van der Waals surface area contributed by atoms with Gasteiger partial charge in [-0.05, 0) is 37.8 Å². The lowest BCUT2D eigenvalue weighted by Crippen LogP contribution is -2.35. The molecule has 0 amide bonds. The largest absolute Gasteiger partial charge is 0.461 e. The smallest absolute Gasteiger partial charge is 0.134 e. The van der Waals surface area contributed by atoms with Crippen molar-refractivity contribution >= 4 is 11.0 Å². The number of aliphatic hydroxyl groups excluding tert-OH is 1. The lowest BCUT2D eigenvalue weighted by molar-refractivity contribution is 0.0429. The summed E-state index contributed by atoms with van der Waals surface area (Å²) in [5.41, 5.74) is 2.32. The number of fused-ring (bicyclic) bond motifs is 1. The summed E-state index contributed by atoms with van der Waals surface area (Å²) in [4.78, 5) is 0. The first-order chi connectivity index (χ1) is 10.3. The van der Waals surface area contributed by atoms with Gasteiger partial charge in [-0.15, -0.1) is 0 Å². The molecule has 0 radical (unpaired) electrons. The third-order valence-electron chi connectivity index (χ3n) is 4.48. The van der Waals surface area contributed by atoms with E-state index in [-0.39, 0.29) is 6.10 Å². The number of para-hydroxylation sites is 1. The minimum absolute atomic E-state index is 0.0633. The van der Waals surface area contributed by atoms with Crippen LogP contribution in [-0.4, -0.2) is 17.8 Å². The number of aliphatic hydroxyl groups is 1. The monoisotopic (exact) mass is 287 g/mol. The maximum absolute atomic E-state index is 9.34. The molecule has 1 aliphatic carbocycles. The third-order valence-corrected chi connectivity index (χ3v) is 4.48. The highest BCUT2D eigenvalue weighted by molar-refractivity contribution is 5.82. The summed E-state index contributed by atoms with van der Waals surface area (Å²) in [6.07, 6.45) is 5.20. The standard InChI is InChI=1S/C18H25NO2/c1-2-3-7-18-16(12-19-11-13-9-14(20)10-13)15-6-4-5-8-17(15)21-18/h4-6,8,13-14,19-20H,2-3,7,9-12H2,1H3. The maximum Gasteiger partial charge on any atom is 0.134 e. The van der Waals surface area contributed by atoms with Crippen molar-refractivity contribution in [1.82, 2.24) is 5.32 Å². The van der Waals surface area contributed by atoms with Crippen LogP contribution in [0.4, 0.5) is 0 Å². The van der Waals surface area contributed by atoms with Gasteiger partial charge >= 0.3 is 0 Å². The number of unbranched alkanes of at least 4 members (excludes halogenated alkanes) is 1. The molecule has 0 unspecified atom stereocenters. The highest BCUT2D eigenvalue weighted by Crippen LogP contribution is 2.28. The molecule has 2 aromatic rings. The summed E-state index contributed by atoms with van der Waals surface area (Å²) >= 11 is 0. The van der Waals surface area contributed by atoms with Crippen LogP contribution in [0.2, 0.25) is 0 Å². The van der Waals surface area contributed by atoms with Crippen LogP contribution in [0.1, 0.15) is 43.9 Å². The van der Waals surface area contributed by atoms with Gasteiger partial charge in [0.15, 0.2) is 0 Å². The van der Waals surface area contributed by atoms with Crippen molar-refractivity contribution < 1.29 is 9.52 Å². The second-order valence-electron chi connectivity index (χ2n) is 6.23. The number of benzene rings is 1. The van der Waals surface area contributed by atoms with E-state index in [9.17, 15) is 5.11 Å². The molecule has 0 saturated heterocycles. The molecule has 0 bridgehead atoms. The maximum atomic E-state index is 9.34. The zero-order valence-corrected chi connectivity index (χ0v) is 12.8. The zero-order chi connectivity index (χ0) is 14.7. The third kappa shape index (κ3) is 3.30. The van der Waals surface area contributed by atoms with E-state index in [0.29, 0.717) is 5.92 Å². The van der Waals surface area contributed by atoms with Gasteiger partial charge in [0, 0.05) is 23.9 Å². The first-order valence-corrected chi connectivity index (χ1v) is 8.16. The second-order valence-corrected chi connectivity index (χ2v) is 6.23. The van der Waals surface area contributed by atoms with E-state index < -0.39 is 0 Å². The molecule has 3 nitrogen and oxygen atoms in total. The molecule has 1 aromatic carbocycles. The van der Waals surface area contributed by atoms with E-state index in [0.717, 1.165) is 43.7 Å². The molecule has 0 atom stereocenters. The minimum atomic E-state index is -0.0633. The Hall–Kier alpha value is -1.32. The van der Waals surface area contributed by atoms with Crippen LogP contribution in [0, 0.1) is 5.92 Å². The van der Waals surface area contributed by atoms with Crippen LogP contribution in [0.15, 0.2) is 28.7 Å². The van der Waals surface area contributed by atoms with Crippen LogP contribution in [0.5, 0.6) is 0 Å². The van der Waals surface area contributed by atoms with Crippen molar-refractivity contribution in [2.24, 2.45) is 5.92 Å². The summed E-state index contributed by atoms with van der Waals surface area (Å²) in [6.45, 7) is 4.06. The van der Waals surface area contributed by atoms with Crippen LogP contribution in [-0.2, 0) is 13.0 Å². The molecule has 2 N–H and O–H groups in total. The van der Waals surface area contributed by atoms with Gasteiger partial charge in [0.2, 0.25) is 0 Å². The first kappa shape index (κ1) is 14.6. The molecule has 1 saturated carbocycles. The quantitative estimate of drug-likeness (QED) is 0.817. The number of furan rings is 1. The molecule has 1 aromatic heterocycles. The minimum Gasteiger partial charge on any atom is -0.461 e. The molecule has 1 heterocycles. The van der Waals surface area contributed by atoms with E-state index in [4.69, 9.17) is 4.42 Å². The number of hydrogen-bond acceptors (Lipinski definition) is 3. The fourth-order valence-corrected chi connectivity index (χ4v) is 3.15. The summed E-state index contributed by atoms with van der Waals surface area (Å²) < 4.78 is 6.04. The first-order valence-electron chi connectivity index (χ1n) is 8.16. The van der Waals surface area contributed by atoms with Crippen molar-refractivity contribution in [2.45, 2.75) is 51.7 Å². The Morgan fingerprint density at radius 3 is 2.86 bits per heavy atom. The molecule has 21 heavy (non-hydrogen) atoms. The van der Waals surface area contributed by atoms with Crippen LogP contribution < -0.4 is 5.32 Å². The highest BCUT2D eigenvalue weighted by atomic mass is 16.3. The summed E-state index contributed by atoms with van der Waals surface area (Å²) in [7, 11) is 0. The van der Waals surface area contributed by atoms with Crippen LogP contribution >= 0.6 is 0 Å². The fourth-order valence-electron chi connectivity index (χ4n) is 3.15. The lowest BCUT2D eigenvalue weighted by atomic mass is 9.82. The topological polar surface area (TPSA) is 45.4 Å². The van der Waals surface area contributed by atoms with Gasteiger partial charge in [-0.1, -0.05) is 31.5 Å². The van der Waals surface area contributed by atoms with Crippen molar-refractivity contribution in [2.75, 3.05) is 6.54 Å². The summed E-state index contributed by atoms with van der Waals surface area (Å²) in [6, 6.07) is 8.31. The van der Waals surface area contributed by atoms with E-state index in [2.05, 4.69) is 30.4 Å². The Labute approximate surface area is 126 Å². The van der Waals surface area contributed by atoms with Crippen LogP contribution in [0.3, 0.4) is 0 Å². The zero-order valence-electron chi connectivity index (χ0n) is 12.8. The van der Waals surface area contributed by atoms with Crippen molar-refractivity contribution in [3.63, 3.8) is 0 Å². The lowest BCUT2D eigenvalue weighted by Gasteiger charge is -2.31. The van der Waals surface area contributed by atoms with Crippen molar-refractivity contribution in [3.8, 4) is 0 Å². The average Bonchev–Trinajstić information content (AvgIpc) is 2.81. The van der Waals surface area contributed by atoms with Gasteiger partial charge in [0.1, 0.15) is 11.3 Å². The number of hydrogen-bond donors (Lipinski definition) is 2. The van der Waals surface area contributed by atoms with Gasteiger partial charge in [0.05, 0.1) is 6.10 Å². The molecule has 114 valence electrons. The Morgan fingerprint density at radius 1 is 1.29 bits per heavy atom. The molecule has 3 rings (SSSR count). The Bertz CT molecular complexity index is 584. The summed E-state index contributed by atoms with van der Waals surface area (Å²) in [5, 5.41) is 14.1. The highest BCUT2D eigenvalue weighted by Gasteiger charge is 2.26. The van der Waals surface area contributed by atoms with Gasteiger partial charge in [-0.3, -0.25) is 0 Å². The SMILES string of the molecule is CCCCc1oc2ccccc2c1CNCC1CC(O)C1. The second kappa shape index (κ2) is 6.63. The Balaban J connectivity index is 1.68. The molecule has 0 aliphatic heterocycles. The molecular formula is C18H25NO2. The molecular weight excluding hydrogens is 262 g/mol. The average molecular weight is 287 g/mol. The van der Waals surface area contributed by atoms with Crippen LogP contribution in [0.25, 0.3) is 11.0 Å². The Kier molecular flexibility index (Phi) is 4.61. The molecule has 0 spiro atoms. The van der Waals surface area contributed by atoms with Crippen molar-refractivity contribution in [1.29, 1.82) is 0 Å². The van der Waals surface area contributed by atoms with E-state index in [1.807, 2.05) is 6.07 Å². The normalized spacial score (nSPS) is 21.6. The molecule has 1 aliphatic rings. The summed E-state index contributed by atoms with van der Waals surface area (Å²) in [5.74, 6) is 1.77. The number of aryl methyl sites for hydroxylation is 1. The van der Waals surface area contributed by atoms with E-state index >= 15 is 0 Å². The predicted molar refractivity (Wildman–Crippen MR) is 85.3 cm³/mol. The molecule has 1 fully saturated rings. The van der Waals surface area contributed by atoms with E-state index in [1.54, 1.807) is 0 Å². The number of rotatable bonds is 7. The van der Waals surface area contributed by atoms with Gasteiger partial charge < -0.3 is 14.8 Å². The molecule has 3 heteroatoms. The predicted octanol–water partition coefficient (Wildman–Crippen LogP) is 3.64. The van der Waals surface area contributed by atoms with Gasteiger partial charge in [-0.25, -0.2) is 0 Å². The number of nitrogens with one attached hydrogen (secondary N) is 1.